The molecule has 4 atom stereocenters. The van der Waals surface area contributed by atoms with Crippen molar-refractivity contribution in [2.45, 2.75) is 98.1 Å². The van der Waals surface area contributed by atoms with E-state index in [1.807, 2.05) is 13.0 Å². The summed E-state index contributed by atoms with van der Waals surface area (Å²) in [7, 11) is 0. The number of alkyl carbamates (subject to hydrolysis) is 1. The van der Waals surface area contributed by atoms with Crippen LogP contribution in [0.4, 0.5) is 4.79 Å². The number of carbonyl (C=O) groups is 5. The van der Waals surface area contributed by atoms with Gasteiger partial charge in [0, 0.05) is 6.61 Å². The van der Waals surface area contributed by atoms with Crippen LogP contribution in [0.2, 0.25) is 0 Å². The van der Waals surface area contributed by atoms with Crippen molar-refractivity contribution < 1.29 is 48.0 Å². The number of amides is 3. The van der Waals surface area contributed by atoms with Crippen LogP contribution in [-0.2, 0) is 40.0 Å². The first-order chi connectivity index (χ1) is 23.5. The van der Waals surface area contributed by atoms with Crippen LogP contribution in [0, 0.1) is 11.3 Å². The lowest BCUT2D eigenvalue weighted by Crippen LogP contribution is -2.59. The van der Waals surface area contributed by atoms with E-state index in [-0.39, 0.29) is 32.0 Å². The fraction of sp³-hybridized carbons (Fsp3) is 0.541. The fourth-order valence-electron chi connectivity index (χ4n) is 4.55. The summed E-state index contributed by atoms with van der Waals surface area (Å²) >= 11 is 0. The first-order valence-corrected chi connectivity index (χ1v) is 16.8. The second-order valence-electron chi connectivity index (χ2n) is 14.0. The Morgan fingerprint density at radius 1 is 0.760 bits per heavy atom. The van der Waals surface area contributed by atoms with Crippen molar-refractivity contribution in [3.05, 3.63) is 66.2 Å². The SMILES string of the molecule is CCCCOC[C@H](NC(=O)[C@H](COC(C)(C)C)NC(=O)OCc1ccccc1)C(=O)N[C@@H](CC(C(=O)O)C(C)(C)C)C(=O)Oc1ccccc1. The predicted octanol–water partition coefficient (Wildman–Crippen LogP) is 4.63. The number of rotatable bonds is 19. The van der Waals surface area contributed by atoms with Gasteiger partial charge in [-0.25, -0.2) is 9.59 Å². The Hall–Kier alpha value is -4.49. The quantitative estimate of drug-likeness (QED) is 0.0919. The third kappa shape index (κ3) is 15.8. The van der Waals surface area contributed by atoms with E-state index in [1.165, 1.54) is 0 Å². The van der Waals surface area contributed by atoms with Crippen LogP contribution in [0.25, 0.3) is 0 Å². The van der Waals surface area contributed by atoms with Crippen molar-refractivity contribution in [2.24, 2.45) is 11.3 Å². The van der Waals surface area contributed by atoms with Crippen LogP contribution in [0.5, 0.6) is 5.75 Å². The number of benzene rings is 2. The molecular formula is C37H53N3O10. The van der Waals surface area contributed by atoms with Crippen molar-refractivity contribution in [1.29, 1.82) is 0 Å². The number of hydrogen-bond donors (Lipinski definition) is 4. The van der Waals surface area contributed by atoms with Crippen LogP contribution >= 0.6 is 0 Å². The third-order valence-electron chi connectivity index (χ3n) is 7.44. The highest BCUT2D eigenvalue weighted by molar-refractivity contribution is 5.93. The molecule has 0 bridgehead atoms. The van der Waals surface area contributed by atoms with Crippen molar-refractivity contribution in [3.8, 4) is 5.75 Å². The Labute approximate surface area is 294 Å². The lowest BCUT2D eigenvalue weighted by Gasteiger charge is -2.31. The Morgan fingerprint density at radius 2 is 1.32 bits per heavy atom. The largest absolute Gasteiger partial charge is 0.481 e. The summed E-state index contributed by atoms with van der Waals surface area (Å²) in [6.07, 6.45) is 0.347. The summed E-state index contributed by atoms with van der Waals surface area (Å²) < 4.78 is 22.3. The van der Waals surface area contributed by atoms with E-state index in [4.69, 9.17) is 18.9 Å². The molecule has 1 unspecified atom stereocenters. The highest BCUT2D eigenvalue weighted by atomic mass is 16.6. The number of carbonyl (C=O) groups excluding carboxylic acids is 4. The normalized spacial score (nSPS) is 14.0. The molecule has 50 heavy (non-hydrogen) atoms. The van der Waals surface area contributed by atoms with Crippen LogP contribution in [0.15, 0.2) is 60.7 Å². The molecular weight excluding hydrogens is 646 g/mol. The van der Waals surface area contributed by atoms with Crippen molar-refractivity contribution in [3.63, 3.8) is 0 Å². The minimum Gasteiger partial charge on any atom is -0.481 e. The number of ether oxygens (including phenoxy) is 4. The number of unbranched alkanes of at least 4 members (excludes halogenated alkanes) is 1. The summed E-state index contributed by atoms with van der Waals surface area (Å²) in [6, 6.07) is 13.1. The molecule has 0 radical (unpaired) electrons. The van der Waals surface area contributed by atoms with Gasteiger partial charge in [-0.15, -0.1) is 0 Å². The molecule has 2 aromatic rings. The van der Waals surface area contributed by atoms with Crippen LogP contribution in [0.3, 0.4) is 0 Å². The van der Waals surface area contributed by atoms with Gasteiger partial charge in [0.1, 0.15) is 30.5 Å². The van der Waals surface area contributed by atoms with Crippen LogP contribution in [0.1, 0.15) is 73.3 Å². The van der Waals surface area contributed by atoms with Gasteiger partial charge in [-0.3, -0.25) is 14.4 Å². The van der Waals surface area contributed by atoms with Gasteiger partial charge in [0.05, 0.1) is 24.7 Å². The molecule has 4 N–H and O–H groups in total. The highest BCUT2D eigenvalue weighted by Gasteiger charge is 2.38. The number of hydrogen-bond acceptors (Lipinski definition) is 9. The molecule has 3 amide bonds. The summed E-state index contributed by atoms with van der Waals surface area (Å²) in [5, 5.41) is 17.7. The number of nitrogens with one attached hydrogen (secondary N) is 3. The van der Waals surface area contributed by atoms with E-state index >= 15 is 0 Å². The van der Waals surface area contributed by atoms with Crippen LogP contribution in [-0.4, -0.2) is 78.5 Å². The average molecular weight is 700 g/mol. The minimum absolute atomic E-state index is 0.0379. The van der Waals surface area contributed by atoms with Crippen molar-refractivity contribution in [2.75, 3.05) is 19.8 Å². The maximum absolute atomic E-state index is 13.8. The highest BCUT2D eigenvalue weighted by Crippen LogP contribution is 2.30. The summed E-state index contributed by atoms with van der Waals surface area (Å²) in [4.78, 5) is 65.9. The molecule has 2 rings (SSSR count). The average Bonchev–Trinajstić information content (AvgIpc) is 3.04. The number of carboxylic acid groups (broad SMARTS) is 1. The Bertz CT molecular complexity index is 1370. The van der Waals surface area contributed by atoms with Crippen molar-refractivity contribution in [1.82, 2.24) is 16.0 Å². The zero-order valence-electron chi connectivity index (χ0n) is 30.2. The van der Waals surface area contributed by atoms with Gasteiger partial charge in [-0.1, -0.05) is 82.6 Å². The van der Waals surface area contributed by atoms with E-state index in [0.717, 1.165) is 12.0 Å². The van der Waals surface area contributed by atoms with Crippen molar-refractivity contribution >= 4 is 29.8 Å². The van der Waals surface area contributed by atoms with E-state index in [9.17, 15) is 29.1 Å². The first kappa shape index (κ1) is 41.7. The van der Waals surface area contributed by atoms with E-state index in [1.54, 1.807) is 96.1 Å². The summed E-state index contributed by atoms with van der Waals surface area (Å²) in [5.74, 6) is -4.45. The topological polar surface area (TPSA) is 179 Å². The number of carboxylic acids is 1. The van der Waals surface area contributed by atoms with Gasteiger partial charge in [-0.05, 0) is 56.7 Å². The maximum Gasteiger partial charge on any atom is 0.408 e. The van der Waals surface area contributed by atoms with Gasteiger partial charge in [0.25, 0.3) is 0 Å². The Balaban J connectivity index is 2.32. The monoisotopic (exact) mass is 699 g/mol. The van der Waals surface area contributed by atoms with Crippen LogP contribution < -0.4 is 20.7 Å². The molecule has 0 aliphatic carbocycles. The van der Waals surface area contributed by atoms with Gasteiger partial charge >= 0.3 is 18.0 Å². The molecule has 0 heterocycles. The zero-order valence-corrected chi connectivity index (χ0v) is 30.2. The van der Waals surface area contributed by atoms with E-state index < -0.39 is 64.9 Å². The molecule has 2 aromatic carbocycles. The molecule has 0 spiro atoms. The first-order valence-electron chi connectivity index (χ1n) is 16.8. The standard InChI is InChI=1S/C37H53N3O10/c1-8-9-20-47-23-29(39-32(42)30(24-49-37(5,6)7)40-35(46)48-22-25-16-12-10-13-17-25)31(41)38-28(21-27(33(43)44)36(2,3)4)34(45)50-26-18-14-11-15-19-26/h10-19,27-30H,8-9,20-24H2,1-7H3,(H,38,41)(H,39,42)(H,40,46)(H,43,44)/t27?,28-,29-,30-/m0/s1. The summed E-state index contributed by atoms with van der Waals surface area (Å²) in [5.41, 5.74) is -0.707. The number of para-hydroxylation sites is 1. The minimum atomic E-state index is -1.40. The van der Waals surface area contributed by atoms with Gasteiger partial charge in [-0.2, -0.15) is 0 Å². The predicted molar refractivity (Wildman–Crippen MR) is 186 cm³/mol. The maximum atomic E-state index is 13.8. The fourth-order valence-corrected chi connectivity index (χ4v) is 4.55. The molecule has 13 heteroatoms. The third-order valence-corrected chi connectivity index (χ3v) is 7.44. The number of esters is 1. The second kappa shape index (κ2) is 20.2. The molecule has 276 valence electrons. The summed E-state index contributed by atoms with van der Waals surface area (Å²) in [6.45, 7) is 12.2. The smallest absolute Gasteiger partial charge is 0.408 e. The molecule has 0 saturated heterocycles. The molecule has 0 aliphatic heterocycles. The molecule has 0 saturated carbocycles. The molecule has 0 fully saturated rings. The van der Waals surface area contributed by atoms with E-state index in [2.05, 4.69) is 16.0 Å². The van der Waals surface area contributed by atoms with Gasteiger partial charge in [0.15, 0.2) is 0 Å². The Kier molecular flexibility index (Phi) is 16.9. The van der Waals surface area contributed by atoms with Gasteiger partial charge < -0.3 is 40.0 Å². The molecule has 0 aliphatic rings. The Morgan fingerprint density at radius 3 is 1.86 bits per heavy atom. The molecule has 13 nitrogen and oxygen atoms in total. The van der Waals surface area contributed by atoms with E-state index in [0.29, 0.717) is 13.0 Å². The zero-order chi connectivity index (χ0) is 37.3. The lowest BCUT2D eigenvalue weighted by molar-refractivity contribution is -0.148. The van der Waals surface area contributed by atoms with Gasteiger partial charge in [0.2, 0.25) is 11.8 Å². The lowest BCUT2D eigenvalue weighted by atomic mass is 9.77. The second-order valence-corrected chi connectivity index (χ2v) is 14.0. The molecule has 0 aromatic heterocycles. The number of aliphatic carboxylic acids is 1.